The van der Waals surface area contributed by atoms with Crippen molar-refractivity contribution >= 4 is 14.5 Å². The lowest BCUT2D eigenvalue weighted by atomic mass is 9.82. The van der Waals surface area contributed by atoms with Gasteiger partial charge < -0.3 is 23.3 Å². The van der Waals surface area contributed by atoms with Gasteiger partial charge in [0.2, 0.25) is 0 Å². The fourth-order valence-corrected chi connectivity index (χ4v) is 6.45. The number of carbonyl (C=O) groups is 1. The fraction of sp³-hybridized carbons (Fsp3) is 0.733. The molecule has 39 heavy (non-hydrogen) atoms. The molecule has 1 heterocycles. The molecule has 0 bridgehead atoms. The molecule has 1 fully saturated rings. The van der Waals surface area contributed by atoms with E-state index in [1.54, 1.807) is 12.1 Å². The smallest absolute Gasteiger partial charge is 0.338 e. The summed E-state index contributed by atoms with van der Waals surface area (Å²) in [6.07, 6.45) is 2.88. The predicted octanol–water partition coefficient (Wildman–Crippen LogP) is 7.10. The second kappa shape index (κ2) is 18.0. The first-order valence-corrected chi connectivity index (χ1v) is 15.6. The molecule has 2 rings (SSSR count). The minimum Gasteiger partial charge on any atom is -0.453 e. The number of benzene rings is 1. The summed E-state index contributed by atoms with van der Waals surface area (Å²) in [6.45, 7) is 16.4. The van der Waals surface area contributed by atoms with Gasteiger partial charge in [0.05, 0.1) is 37.4 Å². The maximum absolute atomic E-state index is 12.8. The first-order chi connectivity index (χ1) is 18.7. The van der Waals surface area contributed by atoms with Crippen molar-refractivity contribution in [1.82, 2.24) is 4.67 Å². The van der Waals surface area contributed by atoms with Crippen LogP contribution in [0.1, 0.15) is 90.9 Å². The van der Waals surface area contributed by atoms with Gasteiger partial charge in [0, 0.05) is 24.6 Å². The monoisotopic (exact) mass is 564 g/mol. The Kier molecular flexibility index (Phi) is 15.5. The second-order valence-electron chi connectivity index (χ2n) is 10.7. The van der Waals surface area contributed by atoms with E-state index >= 15 is 0 Å². The van der Waals surface area contributed by atoms with Crippen LogP contribution in [0.4, 0.5) is 0 Å². The Bertz CT molecular complexity index is 857. The highest BCUT2D eigenvalue weighted by Gasteiger charge is 2.43. The molecule has 1 aliphatic rings. The number of rotatable bonds is 17. The number of nitriles is 1. The number of esters is 1. The summed E-state index contributed by atoms with van der Waals surface area (Å²) < 4.78 is 32.8. The van der Waals surface area contributed by atoms with Gasteiger partial charge in [0.1, 0.15) is 0 Å². The summed E-state index contributed by atoms with van der Waals surface area (Å²) in [7, 11) is -1.22. The van der Waals surface area contributed by atoms with Crippen molar-refractivity contribution in [2.24, 2.45) is 11.8 Å². The van der Waals surface area contributed by atoms with Crippen LogP contribution in [0.2, 0.25) is 0 Å². The summed E-state index contributed by atoms with van der Waals surface area (Å²) in [4.78, 5) is 12.8. The van der Waals surface area contributed by atoms with Gasteiger partial charge in [0.25, 0.3) is 8.53 Å². The standard InChI is InChI=1S/C30H49N2O6P/c1-8-27-24(6)25(7)28(38-29(33)26-16-11-9-12-17-26)30(37-27)34-19-13-10-14-20-35-39(36-21-15-18-31)32(22(2)3)23(4)5/h9,11-12,16-17,22-25,27-28,30H,8,10,13-15,19-21H2,1-7H3. The van der Waals surface area contributed by atoms with Crippen LogP contribution >= 0.6 is 8.53 Å². The van der Waals surface area contributed by atoms with Crippen LogP contribution in [-0.2, 0) is 23.3 Å². The molecule has 1 saturated heterocycles. The molecule has 0 N–H and O–H groups in total. The van der Waals surface area contributed by atoms with E-state index in [2.05, 4.69) is 59.2 Å². The summed E-state index contributed by atoms with van der Waals surface area (Å²) in [6, 6.07) is 11.7. The van der Waals surface area contributed by atoms with Crippen LogP contribution < -0.4 is 0 Å². The summed E-state index contributed by atoms with van der Waals surface area (Å²) >= 11 is 0. The van der Waals surface area contributed by atoms with Gasteiger partial charge in [-0.15, -0.1) is 0 Å². The zero-order chi connectivity index (χ0) is 28.8. The molecule has 9 heteroatoms. The Morgan fingerprint density at radius 1 is 1.00 bits per heavy atom. The van der Waals surface area contributed by atoms with E-state index in [9.17, 15) is 4.79 Å². The summed E-state index contributed by atoms with van der Waals surface area (Å²) in [5, 5.41) is 8.87. The third kappa shape index (κ3) is 10.7. The molecule has 0 aromatic heterocycles. The number of hydrogen-bond donors (Lipinski definition) is 0. The molecule has 0 spiro atoms. The number of hydrogen-bond acceptors (Lipinski definition) is 8. The van der Waals surface area contributed by atoms with Crippen LogP contribution in [0, 0.1) is 23.2 Å². The lowest BCUT2D eigenvalue weighted by Gasteiger charge is -2.43. The lowest BCUT2D eigenvalue weighted by Crippen LogP contribution is -2.52. The van der Waals surface area contributed by atoms with Gasteiger partial charge in [-0.3, -0.25) is 0 Å². The first-order valence-electron chi connectivity index (χ1n) is 14.4. The Balaban J connectivity index is 1.85. The normalized spacial score (nSPS) is 24.2. The van der Waals surface area contributed by atoms with E-state index < -0.39 is 20.9 Å². The van der Waals surface area contributed by atoms with Crippen molar-refractivity contribution in [3.05, 3.63) is 35.9 Å². The summed E-state index contributed by atoms with van der Waals surface area (Å²) in [5.74, 6) is 0.0104. The van der Waals surface area contributed by atoms with Crippen LogP contribution in [0.25, 0.3) is 0 Å². The molecule has 8 nitrogen and oxygen atoms in total. The van der Waals surface area contributed by atoms with Gasteiger partial charge in [-0.25, -0.2) is 9.46 Å². The van der Waals surface area contributed by atoms with E-state index in [0.29, 0.717) is 31.8 Å². The molecule has 1 aromatic rings. The predicted molar refractivity (Wildman–Crippen MR) is 154 cm³/mol. The Morgan fingerprint density at radius 3 is 2.26 bits per heavy atom. The quantitative estimate of drug-likeness (QED) is 0.112. The average molecular weight is 565 g/mol. The Morgan fingerprint density at radius 2 is 1.64 bits per heavy atom. The molecule has 0 amide bonds. The fourth-order valence-electron chi connectivity index (χ4n) is 4.83. The van der Waals surface area contributed by atoms with Gasteiger partial charge in [0.15, 0.2) is 12.4 Å². The van der Waals surface area contributed by atoms with Crippen molar-refractivity contribution in [3.63, 3.8) is 0 Å². The summed E-state index contributed by atoms with van der Waals surface area (Å²) in [5.41, 5.74) is 0.527. The maximum atomic E-state index is 12.8. The highest BCUT2D eigenvalue weighted by atomic mass is 31.2. The van der Waals surface area contributed by atoms with Crippen molar-refractivity contribution < 1.29 is 28.1 Å². The highest BCUT2D eigenvalue weighted by molar-refractivity contribution is 7.44. The number of carbonyl (C=O) groups excluding carboxylic acids is 1. The molecule has 6 unspecified atom stereocenters. The van der Waals surface area contributed by atoms with Crippen LogP contribution in [-0.4, -0.2) is 61.0 Å². The molecule has 220 valence electrons. The van der Waals surface area contributed by atoms with E-state index in [4.69, 9.17) is 28.5 Å². The van der Waals surface area contributed by atoms with Crippen molar-refractivity contribution in [2.45, 2.75) is 111 Å². The third-order valence-corrected chi connectivity index (χ3v) is 9.21. The van der Waals surface area contributed by atoms with E-state index in [-0.39, 0.29) is 36.0 Å². The highest BCUT2D eigenvalue weighted by Crippen LogP contribution is 2.46. The van der Waals surface area contributed by atoms with Crippen LogP contribution in [0.15, 0.2) is 30.3 Å². The van der Waals surface area contributed by atoms with Gasteiger partial charge in [-0.2, -0.15) is 5.26 Å². The molecule has 6 atom stereocenters. The van der Waals surface area contributed by atoms with Crippen molar-refractivity contribution in [1.29, 1.82) is 5.26 Å². The van der Waals surface area contributed by atoms with Gasteiger partial charge >= 0.3 is 5.97 Å². The van der Waals surface area contributed by atoms with Crippen LogP contribution in [0.3, 0.4) is 0 Å². The number of nitrogens with zero attached hydrogens (tertiary/aromatic N) is 2. The molecular weight excluding hydrogens is 515 g/mol. The molecule has 1 aliphatic heterocycles. The minimum atomic E-state index is -1.22. The topological polar surface area (TPSA) is 90.2 Å². The third-order valence-electron chi connectivity index (χ3n) is 7.10. The van der Waals surface area contributed by atoms with Gasteiger partial charge in [-0.05, 0) is 71.4 Å². The zero-order valence-electron chi connectivity index (χ0n) is 24.9. The number of ether oxygens (including phenoxy) is 3. The van der Waals surface area contributed by atoms with Crippen molar-refractivity contribution in [2.75, 3.05) is 19.8 Å². The molecule has 0 radical (unpaired) electrons. The zero-order valence-corrected chi connectivity index (χ0v) is 25.8. The molecule has 1 aromatic carbocycles. The maximum Gasteiger partial charge on any atom is 0.338 e. The largest absolute Gasteiger partial charge is 0.453 e. The van der Waals surface area contributed by atoms with Crippen molar-refractivity contribution in [3.8, 4) is 6.07 Å². The van der Waals surface area contributed by atoms with Gasteiger partial charge in [-0.1, -0.05) is 39.0 Å². The molecular formula is C30H49N2O6P. The van der Waals surface area contributed by atoms with E-state index in [1.807, 2.05) is 18.2 Å². The Labute approximate surface area is 237 Å². The molecule has 0 saturated carbocycles. The Hall–Kier alpha value is -1.59. The molecule has 0 aliphatic carbocycles. The van der Waals surface area contributed by atoms with E-state index in [0.717, 1.165) is 25.7 Å². The SMILES string of the molecule is CCC1OC(OCCCCCOP(OCCC#N)N(C(C)C)C(C)C)C(OC(=O)c2ccccc2)C(C)C1C. The second-order valence-corrected chi connectivity index (χ2v) is 12.2. The minimum absolute atomic E-state index is 0.0650. The lowest BCUT2D eigenvalue weighted by molar-refractivity contribution is -0.269. The first kappa shape index (κ1) is 33.6. The van der Waals surface area contributed by atoms with Crippen LogP contribution in [0.5, 0.6) is 0 Å². The number of unbranched alkanes of at least 4 members (excludes halogenated alkanes) is 2. The van der Waals surface area contributed by atoms with E-state index in [1.165, 1.54) is 0 Å². The average Bonchev–Trinajstić information content (AvgIpc) is 2.91.